The quantitative estimate of drug-likeness (QED) is 0.718. The van der Waals surface area contributed by atoms with Gasteiger partial charge in [-0.3, -0.25) is 0 Å². The normalized spacial score (nSPS) is 10.7. The van der Waals surface area contributed by atoms with Crippen LogP contribution < -0.4 is 10.1 Å². The number of nitrogens with one attached hydrogen (secondary N) is 1. The lowest BCUT2D eigenvalue weighted by atomic mass is 10.1. The fourth-order valence-electron chi connectivity index (χ4n) is 1.65. The molecule has 1 N–H and O–H groups in total. The first-order valence-corrected chi connectivity index (χ1v) is 6.62. The minimum atomic E-state index is 0.477. The molecule has 0 saturated heterocycles. The highest BCUT2D eigenvalue weighted by Gasteiger charge is 2.04. The van der Waals surface area contributed by atoms with E-state index < -0.39 is 0 Å². The van der Waals surface area contributed by atoms with E-state index in [1.54, 1.807) is 6.08 Å². The number of pyridine rings is 1. The topological polar surface area (TPSA) is 34.1 Å². The lowest BCUT2D eigenvalue weighted by molar-refractivity contribution is 0.346. The van der Waals surface area contributed by atoms with E-state index in [4.69, 9.17) is 4.74 Å². The van der Waals surface area contributed by atoms with E-state index in [0.717, 1.165) is 25.1 Å². The summed E-state index contributed by atoms with van der Waals surface area (Å²) >= 11 is 0. The molecular formula is C15H24N2O. The molecule has 3 heteroatoms. The van der Waals surface area contributed by atoms with E-state index in [1.807, 2.05) is 6.07 Å². The highest BCUT2D eigenvalue weighted by molar-refractivity contribution is 5.25. The number of hydrogen-bond donors (Lipinski definition) is 1. The second-order valence-corrected chi connectivity index (χ2v) is 4.69. The van der Waals surface area contributed by atoms with Crippen molar-refractivity contribution >= 4 is 0 Å². The zero-order chi connectivity index (χ0) is 13.4. The summed E-state index contributed by atoms with van der Waals surface area (Å²) in [6, 6.07) is 4.63. The van der Waals surface area contributed by atoms with E-state index in [1.165, 1.54) is 5.56 Å². The van der Waals surface area contributed by atoms with Crippen LogP contribution in [-0.2, 0) is 13.0 Å². The minimum Gasteiger partial charge on any atom is -0.473 e. The summed E-state index contributed by atoms with van der Waals surface area (Å²) in [5.74, 6) is 0.696. The summed E-state index contributed by atoms with van der Waals surface area (Å²) in [6.07, 6.45) is 3.81. The third kappa shape index (κ3) is 5.32. The van der Waals surface area contributed by atoms with Crippen LogP contribution in [0.5, 0.6) is 5.88 Å². The Labute approximate surface area is 110 Å². The molecule has 0 saturated carbocycles. The summed E-state index contributed by atoms with van der Waals surface area (Å²) in [5, 5.41) is 3.41. The van der Waals surface area contributed by atoms with Crippen molar-refractivity contribution in [2.24, 2.45) is 0 Å². The highest BCUT2D eigenvalue weighted by Crippen LogP contribution is 2.14. The van der Waals surface area contributed by atoms with Crippen molar-refractivity contribution in [3.63, 3.8) is 0 Å². The molecule has 0 aliphatic rings. The largest absolute Gasteiger partial charge is 0.473 e. The van der Waals surface area contributed by atoms with Crippen LogP contribution in [-0.4, -0.2) is 17.6 Å². The molecule has 18 heavy (non-hydrogen) atoms. The summed E-state index contributed by atoms with van der Waals surface area (Å²) < 4.78 is 5.53. The Hall–Kier alpha value is -1.35. The van der Waals surface area contributed by atoms with E-state index in [0.29, 0.717) is 18.5 Å². The van der Waals surface area contributed by atoms with Gasteiger partial charge >= 0.3 is 0 Å². The number of nitrogens with zero attached hydrogens (tertiary/aromatic N) is 1. The van der Waals surface area contributed by atoms with E-state index >= 15 is 0 Å². The average Bonchev–Trinajstić information content (AvgIpc) is 2.34. The summed E-state index contributed by atoms with van der Waals surface area (Å²) in [4.78, 5) is 4.49. The van der Waals surface area contributed by atoms with Gasteiger partial charge in [0.1, 0.15) is 6.61 Å². The first-order chi connectivity index (χ1) is 8.65. The SMILES string of the molecule is C=CCOc1cc(CNC(C)C)cc(CCC)n1. The summed E-state index contributed by atoms with van der Waals surface area (Å²) in [6.45, 7) is 11.4. The van der Waals surface area contributed by atoms with Gasteiger partial charge < -0.3 is 10.1 Å². The van der Waals surface area contributed by atoms with Crippen LogP contribution >= 0.6 is 0 Å². The van der Waals surface area contributed by atoms with Gasteiger partial charge in [0.15, 0.2) is 0 Å². The number of aromatic nitrogens is 1. The average molecular weight is 248 g/mol. The van der Waals surface area contributed by atoms with Gasteiger partial charge in [-0.2, -0.15) is 0 Å². The van der Waals surface area contributed by atoms with Crippen LogP contribution in [0.3, 0.4) is 0 Å². The molecule has 0 radical (unpaired) electrons. The molecule has 0 fully saturated rings. The Morgan fingerprint density at radius 1 is 1.44 bits per heavy atom. The molecule has 0 spiro atoms. The second kappa shape index (κ2) is 7.88. The van der Waals surface area contributed by atoms with Crippen molar-refractivity contribution < 1.29 is 4.74 Å². The first-order valence-electron chi connectivity index (χ1n) is 6.62. The predicted octanol–water partition coefficient (Wildman–Crippen LogP) is 3.10. The molecule has 0 amide bonds. The zero-order valence-corrected chi connectivity index (χ0v) is 11.7. The van der Waals surface area contributed by atoms with Crippen molar-refractivity contribution in [3.05, 3.63) is 36.0 Å². The maximum Gasteiger partial charge on any atom is 0.214 e. The smallest absolute Gasteiger partial charge is 0.214 e. The lowest BCUT2D eigenvalue weighted by Crippen LogP contribution is -2.22. The van der Waals surface area contributed by atoms with Gasteiger partial charge in [0.25, 0.3) is 0 Å². The second-order valence-electron chi connectivity index (χ2n) is 4.69. The fraction of sp³-hybridized carbons (Fsp3) is 0.533. The van der Waals surface area contributed by atoms with Crippen LogP contribution in [0, 0.1) is 0 Å². The molecule has 1 rings (SSSR count). The Morgan fingerprint density at radius 2 is 2.22 bits per heavy atom. The molecular weight excluding hydrogens is 224 g/mol. The third-order valence-electron chi connectivity index (χ3n) is 2.48. The van der Waals surface area contributed by atoms with Gasteiger partial charge in [-0.15, -0.1) is 0 Å². The molecule has 100 valence electrons. The number of ether oxygens (including phenoxy) is 1. The van der Waals surface area contributed by atoms with Crippen molar-refractivity contribution in [1.29, 1.82) is 0 Å². The lowest BCUT2D eigenvalue weighted by Gasteiger charge is -2.11. The maximum atomic E-state index is 5.53. The highest BCUT2D eigenvalue weighted by atomic mass is 16.5. The van der Waals surface area contributed by atoms with Crippen molar-refractivity contribution in [1.82, 2.24) is 10.3 Å². The molecule has 1 aromatic rings. The van der Waals surface area contributed by atoms with Crippen LogP contribution in [0.2, 0.25) is 0 Å². The van der Waals surface area contributed by atoms with Gasteiger partial charge in [0, 0.05) is 24.3 Å². The standard InChI is InChI=1S/C15H24N2O/c1-5-7-14-9-13(11-16-12(3)4)10-15(17-14)18-8-6-2/h6,9-10,12,16H,2,5,7-8,11H2,1,3-4H3. The number of aryl methyl sites for hydroxylation is 1. The Bertz CT molecular complexity index is 375. The van der Waals surface area contributed by atoms with Gasteiger partial charge in [0.2, 0.25) is 5.88 Å². The zero-order valence-electron chi connectivity index (χ0n) is 11.7. The Kier molecular flexibility index (Phi) is 6.44. The monoisotopic (exact) mass is 248 g/mol. The van der Waals surface area contributed by atoms with E-state index in [9.17, 15) is 0 Å². The minimum absolute atomic E-state index is 0.477. The van der Waals surface area contributed by atoms with Crippen LogP contribution in [0.25, 0.3) is 0 Å². The summed E-state index contributed by atoms with van der Waals surface area (Å²) in [7, 11) is 0. The summed E-state index contributed by atoms with van der Waals surface area (Å²) in [5.41, 5.74) is 2.32. The third-order valence-corrected chi connectivity index (χ3v) is 2.48. The van der Waals surface area contributed by atoms with Crippen LogP contribution in [0.1, 0.15) is 38.4 Å². The first kappa shape index (κ1) is 14.7. The fourth-order valence-corrected chi connectivity index (χ4v) is 1.65. The molecule has 0 unspecified atom stereocenters. The van der Waals surface area contributed by atoms with Gasteiger partial charge in [-0.1, -0.05) is 39.8 Å². The van der Waals surface area contributed by atoms with E-state index in [-0.39, 0.29) is 0 Å². The Morgan fingerprint density at radius 3 is 2.83 bits per heavy atom. The molecule has 1 heterocycles. The van der Waals surface area contributed by atoms with E-state index in [2.05, 4.69) is 43.7 Å². The number of hydrogen-bond acceptors (Lipinski definition) is 3. The molecule has 3 nitrogen and oxygen atoms in total. The van der Waals surface area contributed by atoms with Crippen molar-refractivity contribution in [3.8, 4) is 5.88 Å². The molecule has 1 aromatic heterocycles. The predicted molar refractivity (Wildman–Crippen MR) is 75.9 cm³/mol. The Balaban J connectivity index is 2.79. The molecule has 0 atom stereocenters. The van der Waals surface area contributed by atoms with Crippen LogP contribution in [0.15, 0.2) is 24.8 Å². The van der Waals surface area contributed by atoms with Gasteiger partial charge in [-0.05, 0) is 18.1 Å². The maximum absolute atomic E-state index is 5.53. The van der Waals surface area contributed by atoms with Crippen LogP contribution in [0.4, 0.5) is 0 Å². The molecule has 0 aromatic carbocycles. The molecule has 0 aliphatic heterocycles. The van der Waals surface area contributed by atoms with Crippen molar-refractivity contribution in [2.75, 3.05) is 6.61 Å². The molecule has 0 aliphatic carbocycles. The van der Waals surface area contributed by atoms with Gasteiger partial charge in [-0.25, -0.2) is 4.98 Å². The van der Waals surface area contributed by atoms with Gasteiger partial charge in [0.05, 0.1) is 0 Å². The molecule has 0 bridgehead atoms. The number of rotatable bonds is 8. The van der Waals surface area contributed by atoms with Crippen molar-refractivity contribution in [2.45, 2.75) is 46.2 Å².